The van der Waals surface area contributed by atoms with Gasteiger partial charge in [0.05, 0.1) is 0 Å². The lowest BCUT2D eigenvalue weighted by Gasteiger charge is -2.35. The first-order chi connectivity index (χ1) is 10.0. The number of aryl methyl sites for hydroxylation is 1. The Morgan fingerprint density at radius 2 is 1.90 bits per heavy atom. The molecule has 0 spiro atoms. The Labute approximate surface area is 128 Å². The first-order valence-corrected chi connectivity index (χ1v) is 8.11. The fourth-order valence-corrected chi connectivity index (χ4v) is 3.29. The average molecular weight is 288 g/mol. The molecule has 116 valence electrons. The molecule has 0 bridgehead atoms. The number of hydrogen-bond donors (Lipinski definition) is 1. The minimum atomic E-state index is 0.170. The molecule has 1 aliphatic carbocycles. The summed E-state index contributed by atoms with van der Waals surface area (Å²) in [4.78, 5) is 14.7. The molecule has 3 nitrogen and oxygen atoms in total. The molecule has 1 saturated carbocycles. The summed E-state index contributed by atoms with van der Waals surface area (Å²) in [6.45, 7) is 7.29. The highest BCUT2D eigenvalue weighted by atomic mass is 16.2. The zero-order chi connectivity index (χ0) is 15.4. The molecule has 0 heterocycles. The smallest absolute Gasteiger partial charge is 0.254 e. The Morgan fingerprint density at radius 1 is 1.24 bits per heavy atom. The van der Waals surface area contributed by atoms with Crippen molar-refractivity contribution in [3.8, 4) is 0 Å². The summed E-state index contributed by atoms with van der Waals surface area (Å²) in [5, 5.41) is 3.52. The highest BCUT2D eigenvalue weighted by Crippen LogP contribution is 2.24. The van der Waals surface area contributed by atoms with Crippen LogP contribution in [0.3, 0.4) is 0 Å². The monoisotopic (exact) mass is 288 g/mol. The maximum absolute atomic E-state index is 12.7. The highest BCUT2D eigenvalue weighted by Gasteiger charge is 2.27. The molecule has 0 saturated heterocycles. The van der Waals surface area contributed by atoms with Gasteiger partial charge in [-0.25, -0.2) is 0 Å². The molecule has 1 fully saturated rings. The van der Waals surface area contributed by atoms with Crippen molar-refractivity contribution in [1.82, 2.24) is 10.2 Å². The molecule has 0 aliphatic heterocycles. The molecular weight excluding hydrogens is 260 g/mol. The second-order valence-electron chi connectivity index (χ2n) is 6.23. The predicted molar refractivity (Wildman–Crippen MR) is 87.7 cm³/mol. The molecule has 1 aromatic carbocycles. The second-order valence-corrected chi connectivity index (χ2v) is 6.23. The van der Waals surface area contributed by atoms with Crippen LogP contribution in [-0.4, -0.2) is 36.5 Å². The van der Waals surface area contributed by atoms with E-state index in [1.807, 2.05) is 31.0 Å². The van der Waals surface area contributed by atoms with Crippen LogP contribution in [0.15, 0.2) is 18.2 Å². The van der Waals surface area contributed by atoms with Crippen molar-refractivity contribution >= 4 is 5.91 Å². The van der Waals surface area contributed by atoms with E-state index in [1.54, 1.807) is 0 Å². The Bertz CT molecular complexity index is 490. The Balaban J connectivity index is 2.02. The Kier molecular flexibility index (Phi) is 5.40. The van der Waals surface area contributed by atoms with Crippen molar-refractivity contribution in [2.75, 3.05) is 13.6 Å². The van der Waals surface area contributed by atoms with Gasteiger partial charge in [0.2, 0.25) is 0 Å². The van der Waals surface area contributed by atoms with Crippen molar-refractivity contribution < 1.29 is 4.79 Å². The molecule has 1 N–H and O–H groups in total. The molecule has 0 aromatic heterocycles. The molecule has 1 amide bonds. The SMILES string of the molecule is CCNC1CCC(N(C)C(=O)c2cccc(C)c2C)CC1. The molecule has 1 aliphatic rings. The fraction of sp³-hybridized carbons (Fsp3) is 0.611. The van der Waals surface area contributed by atoms with Gasteiger partial charge in [0.25, 0.3) is 5.91 Å². The van der Waals surface area contributed by atoms with E-state index >= 15 is 0 Å². The predicted octanol–water partition coefficient (Wildman–Crippen LogP) is 3.30. The van der Waals surface area contributed by atoms with Crippen molar-refractivity contribution in [2.24, 2.45) is 0 Å². The van der Waals surface area contributed by atoms with Gasteiger partial charge in [-0.2, -0.15) is 0 Å². The third-order valence-corrected chi connectivity index (χ3v) is 4.89. The van der Waals surface area contributed by atoms with Crippen LogP contribution in [0, 0.1) is 13.8 Å². The highest BCUT2D eigenvalue weighted by molar-refractivity contribution is 5.96. The quantitative estimate of drug-likeness (QED) is 0.922. The molecule has 1 aromatic rings. The zero-order valence-electron chi connectivity index (χ0n) is 13.8. The van der Waals surface area contributed by atoms with Crippen LogP contribution in [0.25, 0.3) is 0 Å². The van der Waals surface area contributed by atoms with E-state index in [0.717, 1.165) is 30.5 Å². The Hall–Kier alpha value is -1.35. The largest absolute Gasteiger partial charge is 0.339 e. The lowest BCUT2D eigenvalue weighted by atomic mass is 9.90. The topological polar surface area (TPSA) is 32.3 Å². The number of nitrogens with one attached hydrogen (secondary N) is 1. The van der Waals surface area contributed by atoms with Crippen LogP contribution in [0.4, 0.5) is 0 Å². The minimum absolute atomic E-state index is 0.170. The van der Waals surface area contributed by atoms with Gasteiger partial charge >= 0.3 is 0 Å². The van der Waals surface area contributed by atoms with E-state index < -0.39 is 0 Å². The molecule has 21 heavy (non-hydrogen) atoms. The Morgan fingerprint density at radius 3 is 2.52 bits per heavy atom. The second kappa shape index (κ2) is 7.08. The number of carbonyl (C=O) groups is 1. The lowest BCUT2D eigenvalue weighted by Crippen LogP contribution is -2.43. The van der Waals surface area contributed by atoms with Gasteiger partial charge < -0.3 is 10.2 Å². The van der Waals surface area contributed by atoms with Gasteiger partial charge in [0.1, 0.15) is 0 Å². The summed E-state index contributed by atoms with van der Waals surface area (Å²) in [6.07, 6.45) is 4.54. The molecule has 0 unspecified atom stereocenters. The fourth-order valence-electron chi connectivity index (χ4n) is 3.29. The van der Waals surface area contributed by atoms with Crippen molar-refractivity contribution in [3.63, 3.8) is 0 Å². The van der Waals surface area contributed by atoms with E-state index in [4.69, 9.17) is 0 Å². The summed E-state index contributed by atoms with van der Waals surface area (Å²) >= 11 is 0. The number of amides is 1. The van der Waals surface area contributed by atoms with E-state index in [2.05, 4.69) is 25.2 Å². The number of carbonyl (C=O) groups excluding carboxylic acids is 1. The van der Waals surface area contributed by atoms with Crippen molar-refractivity contribution in [1.29, 1.82) is 0 Å². The van der Waals surface area contributed by atoms with Crippen LogP contribution < -0.4 is 5.32 Å². The summed E-state index contributed by atoms with van der Waals surface area (Å²) in [5.74, 6) is 0.170. The minimum Gasteiger partial charge on any atom is -0.339 e. The van der Waals surface area contributed by atoms with E-state index in [1.165, 1.54) is 18.4 Å². The maximum atomic E-state index is 12.7. The normalized spacial score (nSPS) is 22.1. The van der Waals surface area contributed by atoms with Crippen molar-refractivity contribution in [2.45, 2.75) is 58.5 Å². The van der Waals surface area contributed by atoms with Crippen LogP contribution in [0.2, 0.25) is 0 Å². The lowest BCUT2D eigenvalue weighted by molar-refractivity contribution is 0.0684. The third kappa shape index (κ3) is 3.65. The first kappa shape index (κ1) is 16.0. The van der Waals surface area contributed by atoms with E-state index in [9.17, 15) is 4.79 Å². The number of hydrogen-bond acceptors (Lipinski definition) is 2. The van der Waals surface area contributed by atoms with Crippen LogP contribution >= 0.6 is 0 Å². The number of rotatable bonds is 4. The first-order valence-electron chi connectivity index (χ1n) is 8.11. The van der Waals surface area contributed by atoms with Gasteiger partial charge in [-0.3, -0.25) is 4.79 Å². The van der Waals surface area contributed by atoms with E-state index in [0.29, 0.717) is 12.1 Å². The van der Waals surface area contributed by atoms with E-state index in [-0.39, 0.29) is 5.91 Å². The van der Waals surface area contributed by atoms with Gasteiger partial charge in [-0.15, -0.1) is 0 Å². The molecule has 0 atom stereocenters. The molecule has 3 heteroatoms. The van der Waals surface area contributed by atoms with Crippen LogP contribution in [-0.2, 0) is 0 Å². The van der Waals surface area contributed by atoms with Crippen LogP contribution in [0.5, 0.6) is 0 Å². The molecule has 0 radical (unpaired) electrons. The summed E-state index contributed by atoms with van der Waals surface area (Å²) in [7, 11) is 1.96. The number of benzene rings is 1. The van der Waals surface area contributed by atoms with Gasteiger partial charge in [-0.05, 0) is 63.3 Å². The summed E-state index contributed by atoms with van der Waals surface area (Å²) in [5.41, 5.74) is 3.15. The van der Waals surface area contributed by atoms with Crippen molar-refractivity contribution in [3.05, 3.63) is 34.9 Å². The van der Waals surface area contributed by atoms with Crippen LogP contribution in [0.1, 0.15) is 54.1 Å². The standard InChI is InChI=1S/C18H28N2O/c1-5-19-15-9-11-16(12-10-15)20(4)18(21)17-8-6-7-13(2)14(17)3/h6-8,15-16,19H,5,9-12H2,1-4H3. The molecular formula is C18H28N2O. The third-order valence-electron chi connectivity index (χ3n) is 4.89. The summed E-state index contributed by atoms with van der Waals surface area (Å²) < 4.78 is 0. The average Bonchev–Trinajstić information content (AvgIpc) is 2.50. The zero-order valence-corrected chi connectivity index (χ0v) is 13.8. The summed E-state index contributed by atoms with van der Waals surface area (Å²) in [6, 6.07) is 7.01. The molecule has 2 rings (SSSR count). The maximum Gasteiger partial charge on any atom is 0.254 e. The van der Waals surface area contributed by atoms with Gasteiger partial charge in [0, 0.05) is 24.7 Å². The number of nitrogens with zero attached hydrogens (tertiary/aromatic N) is 1. The van der Waals surface area contributed by atoms with Gasteiger partial charge in [0.15, 0.2) is 0 Å². The van der Waals surface area contributed by atoms with Gasteiger partial charge in [-0.1, -0.05) is 19.1 Å².